The van der Waals surface area contributed by atoms with E-state index in [2.05, 4.69) is 15.3 Å². The molecule has 0 spiro atoms. The molecule has 1 aliphatic rings. The van der Waals surface area contributed by atoms with E-state index in [1.54, 1.807) is 42.6 Å². The lowest BCUT2D eigenvalue weighted by Crippen LogP contribution is -2.28. The normalized spacial score (nSPS) is 13.2. The van der Waals surface area contributed by atoms with Crippen molar-refractivity contribution in [3.05, 3.63) is 100 Å². The molecule has 1 aliphatic heterocycles. The Labute approximate surface area is 204 Å². The van der Waals surface area contributed by atoms with E-state index >= 15 is 0 Å². The molecular weight excluding hydrogens is 460 g/mol. The standard InChI is InChI=1S/C27H22N4O5/c32-24(29-14-17-4-3-5-20-18(17)9-10-28-20)13-19(16-7-8-21-22(12-16)36-15-35-21)25-26(33)30-23-6-1-2-11-31(23)27(25)34/h1-12,19,28,33H,13-15H2,(H,29,32). The molecular formula is C27H22N4O5. The minimum Gasteiger partial charge on any atom is -0.493 e. The molecule has 0 radical (unpaired) electrons. The van der Waals surface area contributed by atoms with Crippen LogP contribution in [0, 0.1) is 0 Å². The number of hydrogen-bond acceptors (Lipinski definition) is 6. The van der Waals surface area contributed by atoms with Crippen molar-refractivity contribution in [2.75, 3.05) is 6.79 Å². The maximum Gasteiger partial charge on any atom is 0.265 e. The molecule has 0 saturated heterocycles. The van der Waals surface area contributed by atoms with Gasteiger partial charge in [-0.2, -0.15) is 4.98 Å². The van der Waals surface area contributed by atoms with E-state index in [1.165, 1.54) is 4.40 Å². The van der Waals surface area contributed by atoms with Gasteiger partial charge in [-0.15, -0.1) is 0 Å². The van der Waals surface area contributed by atoms with Crippen LogP contribution in [0.4, 0.5) is 0 Å². The number of nitrogens with zero attached hydrogens (tertiary/aromatic N) is 2. The van der Waals surface area contributed by atoms with Crippen LogP contribution in [0.5, 0.6) is 17.4 Å². The molecule has 180 valence electrons. The first-order valence-corrected chi connectivity index (χ1v) is 11.5. The Kier molecular flexibility index (Phi) is 5.29. The highest BCUT2D eigenvalue weighted by Crippen LogP contribution is 2.38. The van der Waals surface area contributed by atoms with Crippen LogP contribution in [0.3, 0.4) is 0 Å². The average Bonchev–Trinajstić information content (AvgIpc) is 3.56. The summed E-state index contributed by atoms with van der Waals surface area (Å²) in [5.41, 5.74) is 2.51. The fraction of sp³-hybridized carbons (Fsp3) is 0.148. The molecule has 0 fully saturated rings. The van der Waals surface area contributed by atoms with Crippen molar-refractivity contribution in [2.24, 2.45) is 0 Å². The summed E-state index contributed by atoms with van der Waals surface area (Å²) in [6.07, 6.45) is 3.36. The summed E-state index contributed by atoms with van der Waals surface area (Å²) in [5.74, 6) is -0.343. The van der Waals surface area contributed by atoms with Crippen LogP contribution in [0.25, 0.3) is 16.6 Å². The van der Waals surface area contributed by atoms with E-state index in [0.717, 1.165) is 16.5 Å². The molecule has 9 heteroatoms. The minimum absolute atomic E-state index is 0.0421. The highest BCUT2D eigenvalue weighted by atomic mass is 16.7. The Morgan fingerprint density at radius 3 is 2.92 bits per heavy atom. The topological polar surface area (TPSA) is 118 Å². The van der Waals surface area contributed by atoms with Crippen LogP contribution in [0.1, 0.15) is 29.0 Å². The van der Waals surface area contributed by atoms with Crippen LogP contribution < -0.4 is 20.3 Å². The number of hydrogen-bond donors (Lipinski definition) is 3. The zero-order valence-electron chi connectivity index (χ0n) is 19.1. The first-order chi connectivity index (χ1) is 17.6. The van der Waals surface area contributed by atoms with Crippen LogP contribution in [-0.2, 0) is 11.3 Å². The van der Waals surface area contributed by atoms with Crippen molar-refractivity contribution in [1.29, 1.82) is 0 Å². The molecule has 0 saturated carbocycles. The molecule has 4 heterocycles. The molecule has 0 aliphatic carbocycles. The van der Waals surface area contributed by atoms with Gasteiger partial charge in [-0.05, 0) is 47.5 Å². The summed E-state index contributed by atoms with van der Waals surface area (Å²) >= 11 is 0. The number of amides is 1. The van der Waals surface area contributed by atoms with Crippen molar-refractivity contribution in [1.82, 2.24) is 19.7 Å². The third-order valence-electron chi connectivity index (χ3n) is 6.45. The summed E-state index contributed by atoms with van der Waals surface area (Å²) in [6.45, 7) is 0.420. The third kappa shape index (κ3) is 3.80. The number of aromatic amines is 1. The summed E-state index contributed by atoms with van der Waals surface area (Å²) < 4.78 is 12.3. The number of ether oxygens (including phenoxy) is 2. The summed E-state index contributed by atoms with van der Waals surface area (Å²) in [6, 6.07) is 18.1. The number of carbonyl (C=O) groups is 1. The Hall–Kier alpha value is -4.79. The molecule has 1 unspecified atom stereocenters. The predicted octanol–water partition coefficient (Wildman–Crippen LogP) is 3.45. The number of rotatable bonds is 6. The van der Waals surface area contributed by atoms with Gasteiger partial charge in [0.1, 0.15) is 5.65 Å². The molecule has 9 nitrogen and oxygen atoms in total. The number of aromatic hydroxyl groups is 1. The highest BCUT2D eigenvalue weighted by Gasteiger charge is 2.28. The van der Waals surface area contributed by atoms with Crippen LogP contribution in [0.2, 0.25) is 0 Å². The molecule has 5 aromatic rings. The Balaban J connectivity index is 1.36. The largest absolute Gasteiger partial charge is 0.493 e. The molecule has 2 aromatic carbocycles. The lowest BCUT2D eigenvalue weighted by atomic mass is 9.88. The number of aromatic nitrogens is 3. The minimum atomic E-state index is -0.764. The molecule has 3 N–H and O–H groups in total. The van der Waals surface area contributed by atoms with Gasteiger partial charge in [0, 0.05) is 42.2 Å². The molecule has 36 heavy (non-hydrogen) atoms. The van der Waals surface area contributed by atoms with Crippen LogP contribution >= 0.6 is 0 Å². The Morgan fingerprint density at radius 1 is 1.11 bits per heavy atom. The van der Waals surface area contributed by atoms with Gasteiger partial charge in [0.2, 0.25) is 18.6 Å². The molecule has 0 bridgehead atoms. The molecule has 3 aromatic heterocycles. The Bertz CT molecular complexity index is 1670. The second-order valence-corrected chi connectivity index (χ2v) is 8.59. The van der Waals surface area contributed by atoms with Gasteiger partial charge in [-0.1, -0.05) is 24.3 Å². The lowest BCUT2D eigenvalue weighted by molar-refractivity contribution is -0.121. The number of carbonyl (C=O) groups excluding carboxylic acids is 1. The monoisotopic (exact) mass is 482 g/mol. The van der Waals surface area contributed by atoms with E-state index in [4.69, 9.17) is 9.47 Å². The smallest absolute Gasteiger partial charge is 0.265 e. The lowest BCUT2D eigenvalue weighted by Gasteiger charge is -2.19. The number of benzene rings is 2. The number of fused-ring (bicyclic) bond motifs is 3. The first kappa shape index (κ1) is 21.7. The van der Waals surface area contributed by atoms with Gasteiger partial charge < -0.3 is 24.9 Å². The van der Waals surface area contributed by atoms with E-state index in [-0.39, 0.29) is 24.7 Å². The molecule has 6 rings (SSSR count). The maximum absolute atomic E-state index is 13.4. The van der Waals surface area contributed by atoms with Gasteiger partial charge in [0.15, 0.2) is 11.5 Å². The van der Waals surface area contributed by atoms with Gasteiger partial charge in [-0.3, -0.25) is 14.0 Å². The van der Waals surface area contributed by atoms with Crippen molar-refractivity contribution >= 4 is 22.5 Å². The van der Waals surface area contributed by atoms with E-state index in [0.29, 0.717) is 29.3 Å². The fourth-order valence-electron chi connectivity index (χ4n) is 4.67. The fourth-order valence-corrected chi connectivity index (χ4v) is 4.67. The highest BCUT2D eigenvalue weighted by molar-refractivity contribution is 5.84. The van der Waals surface area contributed by atoms with Crippen LogP contribution in [0.15, 0.2) is 77.9 Å². The van der Waals surface area contributed by atoms with Gasteiger partial charge in [0.05, 0.1) is 5.56 Å². The van der Waals surface area contributed by atoms with Gasteiger partial charge in [0.25, 0.3) is 5.56 Å². The maximum atomic E-state index is 13.4. The van der Waals surface area contributed by atoms with Crippen LogP contribution in [-0.4, -0.2) is 32.2 Å². The van der Waals surface area contributed by atoms with E-state index in [1.807, 2.05) is 30.5 Å². The quantitative estimate of drug-likeness (QED) is 0.341. The number of H-pyrrole nitrogens is 1. The van der Waals surface area contributed by atoms with Crippen molar-refractivity contribution < 1.29 is 19.4 Å². The van der Waals surface area contributed by atoms with Crippen molar-refractivity contribution in [3.8, 4) is 17.4 Å². The number of nitrogens with one attached hydrogen (secondary N) is 2. The summed E-state index contributed by atoms with van der Waals surface area (Å²) in [4.78, 5) is 34.0. The van der Waals surface area contributed by atoms with E-state index < -0.39 is 17.4 Å². The zero-order valence-corrected chi connectivity index (χ0v) is 19.1. The molecule has 1 atom stereocenters. The molecule has 1 amide bonds. The summed E-state index contributed by atoms with van der Waals surface area (Å²) in [7, 11) is 0. The van der Waals surface area contributed by atoms with Crippen molar-refractivity contribution in [3.63, 3.8) is 0 Å². The number of pyridine rings is 1. The van der Waals surface area contributed by atoms with Crippen molar-refractivity contribution in [2.45, 2.75) is 18.9 Å². The zero-order chi connectivity index (χ0) is 24.6. The predicted molar refractivity (Wildman–Crippen MR) is 132 cm³/mol. The summed E-state index contributed by atoms with van der Waals surface area (Å²) in [5, 5.41) is 14.8. The van der Waals surface area contributed by atoms with Gasteiger partial charge >= 0.3 is 0 Å². The first-order valence-electron chi connectivity index (χ1n) is 11.5. The van der Waals surface area contributed by atoms with E-state index in [9.17, 15) is 14.7 Å². The van der Waals surface area contributed by atoms with Gasteiger partial charge in [-0.25, -0.2) is 0 Å². The second kappa shape index (κ2) is 8.77. The SMILES string of the molecule is O=C(CC(c1ccc2c(c1)OCO2)c1c(O)nc2ccccn2c1=O)NCc1cccc2[nH]ccc12. The Morgan fingerprint density at radius 2 is 2.00 bits per heavy atom. The second-order valence-electron chi connectivity index (χ2n) is 8.59. The third-order valence-corrected chi connectivity index (χ3v) is 6.45. The average molecular weight is 482 g/mol.